The van der Waals surface area contributed by atoms with E-state index in [0.717, 1.165) is 109 Å². The number of hydrogen-bond acceptors (Lipinski definition) is 6. The minimum Gasteiger partial charge on any atom is -0.462 e. The van der Waals surface area contributed by atoms with Crippen molar-refractivity contribution in [1.82, 2.24) is 0 Å². The van der Waals surface area contributed by atoms with E-state index in [1.54, 1.807) is 0 Å². The second-order valence-electron chi connectivity index (χ2n) is 22.0. The van der Waals surface area contributed by atoms with Crippen LogP contribution in [0.5, 0.6) is 0 Å². The van der Waals surface area contributed by atoms with E-state index < -0.39 is 6.10 Å². The van der Waals surface area contributed by atoms with Crippen LogP contribution in [0, 0.1) is 0 Å². The summed E-state index contributed by atoms with van der Waals surface area (Å²) in [6.07, 6.45) is 90.9. The van der Waals surface area contributed by atoms with Crippen molar-refractivity contribution in [3.8, 4) is 0 Å². The Morgan fingerprint density at radius 1 is 0.266 bits per heavy atom. The van der Waals surface area contributed by atoms with Crippen LogP contribution < -0.4 is 0 Å². The van der Waals surface area contributed by atoms with Crippen molar-refractivity contribution in [2.24, 2.45) is 0 Å². The number of ether oxygens (including phenoxy) is 3. The smallest absolute Gasteiger partial charge is 0.306 e. The molecule has 0 aliphatic carbocycles. The van der Waals surface area contributed by atoms with Crippen molar-refractivity contribution in [1.29, 1.82) is 0 Å². The van der Waals surface area contributed by atoms with Crippen molar-refractivity contribution < 1.29 is 28.6 Å². The maximum atomic E-state index is 12.9. The first-order chi connectivity index (χ1) is 39.0. The molecule has 0 aliphatic rings. The molecule has 0 rings (SSSR count). The minimum absolute atomic E-state index is 0.0916. The molecule has 0 aromatic heterocycles. The second kappa shape index (κ2) is 66.6. The molecule has 0 amide bonds. The van der Waals surface area contributed by atoms with Gasteiger partial charge in [-0.15, -0.1) is 0 Å². The van der Waals surface area contributed by atoms with Gasteiger partial charge in [-0.1, -0.05) is 278 Å². The zero-order valence-corrected chi connectivity index (χ0v) is 51.9. The number of carbonyl (C=O) groups excluding carboxylic acids is 3. The van der Waals surface area contributed by atoms with Gasteiger partial charge in [0.05, 0.1) is 0 Å². The normalized spacial score (nSPS) is 12.8. The highest BCUT2D eigenvalue weighted by Gasteiger charge is 2.19. The lowest BCUT2D eigenvalue weighted by Gasteiger charge is -2.18. The van der Waals surface area contributed by atoms with Gasteiger partial charge in [-0.2, -0.15) is 0 Å². The van der Waals surface area contributed by atoms with Gasteiger partial charge < -0.3 is 14.2 Å². The molecule has 1 unspecified atom stereocenters. The summed E-state index contributed by atoms with van der Waals surface area (Å²) in [7, 11) is 0. The first kappa shape index (κ1) is 75.1. The summed E-state index contributed by atoms with van der Waals surface area (Å²) in [6, 6.07) is 0. The lowest BCUT2D eigenvalue weighted by atomic mass is 10.1. The Bertz CT molecular complexity index is 1590. The monoisotopic (exact) mass is 1100 g/mol. The van der Waals surface area contributed by atoms with Crippen LogP contribution in [0.25, 0.3) is 0 Å². The number of allylic oxidation sites excluding steroid dienone is 18. The van der Waals surface area contributed by atoms with Gasteiger partial charge >= 0.3 is 17.9 Å². The van der Waals surface area contributed by atoms with E-state index in [4.69, 9.17) is 14.2 Å². The standard InChI is InChI=1S/C73H124O6/c1-4-7-10-13-16-19-22-25-28-31-33-34-35-36-37-38-40-42-45-48-51-54-57-60-63-66-72(75)78-69-70(68-77-71(74)65-62-59-56-53-50-47-44-41-30-27-24-21-18-15-12-9-6-3)79-73(76)67-64-61-58-55-52-49-46-43-39-32-29-26-23-20-17-14-11-8-5-2/h7,10,16,19,25-30,33-34,36-37,40,42,48,51,70H,4-6,8-9,11-15,17-18,20-24,31-32,35,38-39,41,43-47,49-50,52-69H2,1-3H3/b10-7-,19-16-,28-25-,29-26-,30-27-,34-33-,37-36-,42-40-,51-48-. The molecule has 0 saturated heterocycles. The fraction of sp³-hybridized carbons (Fsp3) is 0.712. The summed E-state index contributed by atoms with van der Waals surface area (Å²) in [5.74, 6) is -0.922. The van der Waals surface area contributed by atoms with Crippen LogP contribution in [0.1, 0.15) is 316 Å². The van der Waals surface area contributed by atoms with E-state index >= 15 is 0 Å². The number of unbranched alkanes of at least 4 members (excludes halogenated alkanes) is 31. The molecule has 0 aliphatic heterocycles. The molecule has 79 heavy (non-hydrogen) atoms. The van der Waals surface area contributed by atoms with Gasteiger partial charge in [-0.3, -0.25) is 14.4 Å². The molecule has 1 atom stereocenters. The van der Waals surface area contributed by atoms with Crippen LogP contribution in [-0.2, 0) is 28.6 Å². The first-order valence-electron chi connectivity index (χ1n) is 33.4. The average molecular weight is 1100 g/mol. The predicted molar refractivity (Wildman–Crippen MR) is 343 cm³/mol. The molecule has 0 spiro atoms. The molecule has 452 valence electrons. The van der Waals surface area contributed by atoms with Crippen molar-refractivity contribution in [3.63, 3.8) is 0 Å². The molecule has 0 aromatic carbocycles. The molecular weight excluding hydrogens is 973 g/mol. The van der Waals surface area contributed by atoms with Gasteiger partial charge in [-0.25, -0.2) is 0 Å². The van der Waals surface area contributed by atoms with E-state index in [1.165, 1.54) is 167 Å². The van der Waals surface area contributed by atoms with Crippen LogP contribution in [0.15, 0.2) is 109 Å². The van der Waals surface area contributed by atoms with Crippen molar-refractivity contribution >= 4 is 17.9 Å². The van der Waals surface area contributed by atoms with Crippen molar-refractivity contribution in [3.05, 3.63) is 109 Å². The topological polar surface area (TPSA) is 78.9 Å². The summed E-state index contributed by atoms with van der Waals surface area (Å²) in [6.45, 7) is 6.51. The Morgan fingerprint density at radius 3 is 0.797 bits per heavy atom. The summed E-state index contributed by atoms with van der Waals surface area (Å²) in [4.78, 5) is 38.4. The largest absolute Gasteiger partial charge is 0.462 e. The van der Waals surface area contributed by atoms with Gasteiger partial charge in [0.15, 0.2) is 6.10 Å². The number of esters is 3. The lowest BCUT2D eigenvalue weighted by molar-refractivity contribution is -0.167. The third kappa shape index (κ3) is 64.8. The van der Waals surface area contributed by atoms with Crippen LogP contribution in [0.3, 0.4) is 0 Å². The number of rotatable bonds is 60. The van der Waals surface area contributed by atoms with Gasteiger partial charge in [0, 0.05) is 19.3 Å². The van der Waals surface area contributed by atoms with Crippen molar-refractivity contribution in [2.45, 2.75) is 322 Å². The summed E-state index contributed by atoms with van der Waals surface area (Å²) in [5.41, 5.74) is 0. The fourth-order valence-electron chi connectivity index (χ4n) is 9.24. The highest BCUT2D eigenvalue weighted by atomic mass is 16.6. The third-order valence-electron chi connectivity index (χ3n) is 14.2. The fourth-order valence-corrected chi connectivity index (χ4v) is 9.24. The molecule has 6 heteroatoms. The second-order valence-corrected chi connectivity index (χ2v) is 22.0. The minimum atomic E-state index is -0.798. The van der Waals surface area contributed by atoms with E-state index in [9.17, 15) is 14.4 Å². The maximum absolute atomic E-state index is 12.9. The quantitative estimate of drug-likeness (QED) is 0.0261. The zero-order valence-electron chi connectivity index (χ0n) is 51.9. The van der Waals surface area contributed by atoms with Gasteiger partial charge in [0.25, 0.3) is 0 Å². The van der Waals surface area contributed by atoms with Gasteiger partial charge in [0.2, 0.25) is 0 Å². The van der Waals surface area contributed by atoms with Gasteiger partial charge in [0.1, 0.15) is 13.2 Å². The molecule has 0 bridgehead atoms. The van der Waals surface area contributed by atoms with Crippen molar-refractivity contribution in [2.75, 3.05) is 13.2 Å². The van der Waals surface area contributed by atoms with E-state index in [1.807, 2.05) is 0 Å². The van der Waals surface area contributed by atoms with E-state index in [0.29, 0.717) is 19.3 Å². The summed E-state index contributed by atoms with van der Waals surface area (Å²) < 4.78 is 16.9. The maximum Gasteiger partial charge on any atom is 0.306 e. The van der Waals surface area contributed by atoms with Gasteiger partial charge in [-0.05, 0) is 128 Å². The average Bonchev–Trinajstić information content (AvgIpc) is 3.45. The number of carbonyl (C=O) groups is 3. The predicted octanol–water partition coefficient (Wildman–Crippen LogP) is 23.0. The van der Waals surface area contributed by atoms with Crippen LogP contribution >= 0.6 is 0 Å². The van der Waals surface area contributed by atoms with E-state index in [2.05, 4.69) is 130 Å². The molecule has 0 saturated carbocycles. The molecular formula is C73H124O6. The summed E-state index contributed by atoms with van der Waals surface area (Å²) >= 11 is 0. The molecule has 6 nitrogen and oxygen atoms in total. The summed E-state index contributed by atoms with van der Waals surface area (Å²) in [5, 5.41) is 0. The molecule has 0 heterocycles. The van der Waals surface area contributed by atoms with Crippen LogP contribution in [0.4, 0.5) is 0 Å². The zero-order chi connectivity index (χ0) is 57.1. The SMILES string of the molecule is CC/C=C\C/C=C\C/C=C\C/C=C\C/C=C\C/C=C\C/C=C\CCCCCC(=O)OCC(COC(=O)CCCCCCCCC/C=C\CCCCCCCC)OC(=O)CCCCCCCCCCC/C=C\CCCCCCCC. The molecule has 0 aromatic rings. The lowest BCUT2D eigenvalue weighted by Crippen LogP contribution is -2.30. The number of hydrogen-bond donors (Lipinski definition) is 0. The van der Waals surface area contributed by atoms with Crippen LogP contribution in [0.2, 0.25) is 0 Å². The molecule has 0 fully saturated rings. The highest BCUT2D eigenvalue weighted by Crippen LogP contribution is 2.16. The third-order valence-corrected chi connectivity index (χ3v) is 14.2. The Balaban J connectivity index is 4.45. The van der Waals surface area contributed by atoms with E-state index in [-0.39, 0.29) is 31.1 Å². The highest BCUT2D eigenvalue weighted by molar-refractivity contribution is 5.71. The Morgan fingerprint density at radius 2 is 0.494 bits per heavy atom. The Hall–Kier alpha value is -3.93. The van der Waals surface area contributed by atoms with Crippen LogP contribution in [-0.4, -0.2) is 37.2 Å². The Labute approximate surface area is 489 Å². The Kier molecular flexibility index (Phi) is 63.3. The molecule has 0 N–H and O–H groups in total. The molecule has 0 radical (unpaired) electrons. The first-order valence-corrected chi connectivity index (χ1v) is 33.4.